The van der Waals surface area contributed by atoms with Crippen LogP contribution in [0, 0.1) is 13.8 Å². The van der Waals surface area contributed by atoms with Gasteiger partial charge in [0.25, 0.3) is 5.56 Å². The predicted octanol–water partition coefficient (Wildman–Crippen LogP) is 2.78. The van der Waals surface area contributed by atoms with Gasteiger partial charge >= 0.3 is 0 Å². The second-order valence-electron chi connectivity index (χ2n) is 7.23. The Morgan fingerprint density at radius 2 is 1.97 bits per heavy atom. The number of rotatable bonds is 7. The third-order valence-electron chi connectivity index (χ3n) is 4.78. The number of fused-ring (bicyclic) bond motifs is 1. The van der Waals surface area contributed by atoms with Gasteiger partial charge in [-0.2, -0.15) is 0 Å². The third kappa shape index (κ3) is 5.06. The highest BCUT2D eigenvalue weighted by Crippen LogP contribution is 2.26. The highest BCUT2D eigenvalue weighted by atomic mass is 32.2. The molecule has 2 heterocycles. The first-order valence-corrected chi connectivity index (χ1v) is 12.1. The fourth-order valence-corrected chi connectivity index (χ4v) is 4.84. The number of aromatic amines is 1. The lowest BCUT2D eigenvalue weighted by molar-refractivity contribution is -0.121. The molecule has 0 bridgehead atoms. The summed E-state index contributed by atoms with van der Waals surface area (Å²) in [6, 6.07) is 6.50. The maximum atomic E-state index is 12.4. The Labute approximate surface area is 178 Å². The number of carbonyl (C=O) groups is 1. The molecular weight excluding hydrogens is 424 g/mol. The number of hydrogen-bond acceptors (Lipinski definition) is 6. The Balaban J connectivity index is 1.68. The molecule has 8 nitrogen and oxygen atoms in total. The van der Waals surface area contributed by atoms with Crippen LogP contribution in [0.15, 0.2) is 29.1 Å². The van der Waals surface area contributed by atoms with Crippen molar-refractivity contribution in [2.75, 3.05) is 11.0 Å². The van der Waals surface area contributed by atoms with Crippen molar-refractivity contribution in [3.8, 4) is 0 Å². The van der Waals surface area contributed by atoms with Gasteiger partial charge in [0.1, 0.15) is 10.7 Å². The van der Waals surface area contributed by atoms with Crippen LogP contribution in [0.25, 0.3) is 10.2 Å². The quantitative estimate of drug-likeness (QED) is 0.513. The standard InChI is InChI=1S/C20H24N4O4S2/c1-11-13(3)29-20-18(11)19(26)22-16(23-20)9-10-17(25)21-12(2)14-7-5-6-8-15(14)24-30(4,27)28/h5-8,12,24H,9-10H2,1-4H3,(H,21,25)(H,22,23,26). The molecule has 0 aliphatic heterocycles. The molecule has 0 spiro atoms. The summed E-state index contributed by atoms with van der Waals surface area (Å²) >= 11 is 1.47. The molecular formula is C20H24N4O4S2. The number of amides is 1. The van der Waals surface area contributed by atoms with Gasteiger partial charge in [0, 0.05) is 17.7 Å². The van der Waals surface area contributed by atoms with E-state index in [1.807, 2.05) is 13.8 Å². The average Bonchev–Trinajstić information content (AvgIpc) is 2.93. The van der Waals surface area contributed by atoms with Gasteiger partial charge in [0.15, 0.2) is 0 Å². The lowest BCUT2D eigenvalue weighted by Gasteiger charge is -2.18. The van der Waals surface area contributed by atoms with Gasteiger partial charge in [-0.3, -0.25) is 14.3 Å². The van der Waals surface area contributed by atoms with E-state index < -0.39 is 16.1 Å². The van der Waals surface area contributed by atoms with Crippen molar-refractivity contribution in [3.63, 3.8) is 0 Å². The normalized spacial score (nSPS) is 12.7. The Morgan fingerprint density at radius 3 is 2.67 bits per heavy atom. The molecule has 30 heavy (non-hydrogen) atoms. The number of aryl methyl sites for hydroxylation is 3. The molecule has 0 saturated carbocycles. The van der Waals surface area contributed by atoms with Gasteiger partial charge in [-0.15, -0.1) is 11.3 Å². The monoisotopic (exact) mass is 448 g/mol. The smallest absolute Gasteiger partial charge is 0.259 e. The molecule has 10 heteroatoms. The number of benzene rings is 1. The zero-order chi connectivity index (χ0) is 22.1. The van der Waals surface area contributed by atoms with E-state index in [1.54, 1.807) is 31.2 Å². The van der Waals surface area contributed by atoms with E-state index in [0.29, 0.717) is 33.7 Å². The molecule has 1 unspecified atom stereocenters. The van der Waals surface area contributed by atoms with Gasteiger partial charge in [-0.1, -0.05) is 18.2 Å². The summed E-state index contributed by atoms with van der Waals surface area (Å²) in [7, 11) is -3.44. The van der Waals surface area contributed by atoms with Crippen LogP contribution >= 0.6 is 11.3 Å². The van der Waals surface area contributed by atoms with Crippen LogP contribution in [0.4, 0.5) is 5.69 Å². The van der Waals surface area contributed by atoms with E-state index in [2.05, 4.69) is 20.0 Å². The summed E-state index contributed by atoms with van der Waals surface area (Å²) in [5.74, 6) is 0.244. The zero-order valence-electron chi connectivity index (χ0n) is 17.2. The third-order valence-corrected chi connectivity index (χ3v) is 6.47. The molecule has 3 aromatic rings. The Morgan fingerprint density at radius 1 is 1.27 bits per heavy atom. The number of carbonyl (C=O) groups excluding carboxylic acids is 1. The lowest BCUT2D eigenvalue weighted by Crippen LogP contribution is -2.28. The first kappa shape index (κ1) is 22.0. The van der Waals surface area contributed by atoms with E-state index in [9.17, 15) is 18.0 Å². The topological polar surface area (TPSA) is 121 Å². The summed E-state index contributed by atoms with van der Waals surface area (Å²) in [5, 5.41) is 3.47. The average molecular weight is 449 g/mol. The van der Waals surface area contributed by atoms with Crippen molar-refractivity contribution in [2.45, 2.75) is 39.7 Å². The van der Waals surface area contributed by atoms with Crippen LogP contribution in [0.2, 0.25) is 0 Å². The number of para-hydroxylation sites is 1. The summed E-state index contributed by atoms with van der Waals surface area (Å²) in [5.41, 5.74) is 1.83. The zero-order valence-corrected chi connectivity index (χ0v) is 18.8. The SMILES string of the molecule is Cc1sc2nc(CCC(=O)NC(C)c3ccccc3NS(C)(=O)=O)[nH]c(=O)c2c1C. The number of anilines is 1. The molecule has 1 atom stereocenters. The van der Waals surface area contributed by atoms with Crippen molar-refractivity contribution < 1.29 is 13.2 Å². The van der Waals surface area contributed by atoms with Gasteiger partial charge in [0.05, 0.1) is 23.4 Å². The minimum atomic E-state index is -3.44. The van der Waals surface area contributed by atoms with Crippen LogP contribution in [0.5, 0.6) is 0 Å². The van der Waals surface area contributed by atoms with Crippen molar-refractivity contribution >= 4 is 43.2 Å². The van der Waals surface area contributed by atoms with Crippen LogP contribution in [0.1, 0.15) is 41.2 Å². The minimum Gasteiger partial charge on any atom is -0.349 e. The van der Waals surface area contributed by atoms with Gasteiger partial charge in [0.2, 0.25) is 15.9 Å². The van der Waals surface area contributed by atoms with E-state index in [1.165, 1.54) is 11.3 Å². The van der Waals surface area contributed by atoms with Crippen LogP contribution in [0.3, 0.4) is 0 Å². The molecule has 0 aliphatic carbocycles. The number of thiophene rings is 1. The van der Waals surface area contributed by atoms with Gasteiger partial charge in [-0.25, -0.2) is 13.4 Å². The van der Waals surface area contributed by atoms with E-state index in [-0.39, 0.29) is 17.9 Å². The molecule has 3 rings (SSSR count). The molecule has 3 N–H and O–H groups in total. The largest absolute Gasteiger partial charge is 0.349 e. The summed E-state index contributed by atoms with van der Waals surface area (Å²) in [6.45, 7) is 5.63. The predicted molar refractivity (Wildman–Crippen MR) is 120 cm³/mol. The molecule has 0 aliphatic rings. The fourth-order valence-electron chi connectivity index (χ4n) is 3.21. The first-order chi connectivity index (χ1) is 14.0. The molecule has 0 saturated heterocycles. The van der Waals surface area contributed by atoms with Gasteiger partial charge < -0.3 is 10.3 Å². The maximum absolute atomic E-state index is 12.4. The number of nitrogens with zero attached hydrogens (tertiary/aromatic N) is 1. The Bertz CT molecular complexity index is 1260. The number of sulfonamides is 1. The highest BCUT2D eigenvalue weighted by Gasteiger charge is 2.16. The molecule has 0 fully saturated rings. The van der Waals surface area contributed by atoms with Crippen LogP contribution < -0.4 is 15.6 Å². The number of H-pyrrole nitrogens is 1. The van der Waals surface area contributed by atoms with Crippen molar-refractivity contribution in [3.05, 3.63) is 56.4 Å². The summed E-state index contributed by atoms with van der Waals surface area (Å²) in [4.78, 5) is 33.8. The highest BCUT2D eigenvalue weighted by molar-refractivity contribution is 7.92. The molecule has 2 aromatic heterocycles. The lowest BCUT2D eigenvalue weighted by atomic mass is 10.1. The molecule has 0 radical (unpaired) electrons. The number of aromatic nitrogens is 2. The molecule has 160 valence electrons. The summed E-state index contributed by atoms with van der Waals surface area (Å²) in [6.07, 6.45) is 1.51. The second-order valence-corrected chi connectivity index (χ2v) is 10.2. The van der Waals surface area contributed by atoms with Crippen molar-refractivity contribution in [1.82, 2.24) is 15.3 Å². The summed E-state index contributed by atoms with van der Waals surface area (Å²) < 4.78 is 25.6. The first-order valence-electron chi connectivity index (χ1n) is 9.40. The maximum Gasteiger partial charge on any atom is 0.259 e. The van der Waals surface area contributed by atoms with Gasteiger partial charge in [-0.05, 0) is 38.0 Å². The van der Waals surface area contributed by atoms with Crippen molar-refractivity contribution in [2.24, 2.45) is 0 Å². The van der Waals surface area contributed by atoms with E-state index >= 15 is 0 Å². The Kier molecular flexibility index (Phi) is 6.27. The van der Waals surface area contributed by atoms with Crippen molar-refractivity contribution in [1.29, 1.82) is 0 Å². The second kappa shape index (κ2) is 8.57. The fraction of sp³-hybridized carbons (Fsp3) is 0.350. The van der Waals surface area contributed by atoms with Crippen LogP contribution in [-0.4, -0.2) is 30.5 Å². The van der Waals surface area contributed by atoms with E-state index in [4.69, 9.17) is 0 Å². The minimum absolute atomic E-state index is 0.143. The number of nitrogens with one attached hydrogen (secondary N) is 3. The molecule has 1 amide bonds. The Hall–Kier alpha value is -2.72. The van der Waals surface area contributed by atoms with Crippen LogP contribution in [-0.2, 0) is 21.2 Å². The number of hydrogen-bond donors (Lipinski definition) is 3. The van der Waals surface area contributed by atoms with E-state index in [0.717, 1.165) is 16.7 Å². The molecule has 1 aromatic carbocycles.